The first-order valence-electron chi connectivity index (χ1n) is 6.31. The molecule has 6 heteroatoms. The maximum absolute atomic E-state index is 11.4. The van der Waals surface area contributed by atoms with E-state index in [2.05, 4.69) is 0 Å². The second-order valence-corrected chi connectivity index (χ2v) is 6.27. The highest BCUT2D eigenvalue weighted by Gasteiger charge is 2.26. The number of rotatable bonds is 5. The van der Waals surface area contributed by atoms with Gasteiger partial charge in [-0.1, -0.05) is 6.07 Å². The molecule has 1 aromatic carbocycles. The zero-order valence-corrected chi connectivity index (χ0v) is 12.3. The highest BCUT2D eigenvalue weighted by atomic mass is 32.3. The molecule has 0 atom stereocenters. The monoisotopic (exact) mass is 298 g/mol. The van der Waals surface area contributed by atoms with Gasteiger partial charge in [0.15, 0.2) is 0 Å². The molecular weight excluding hydrogens is 280 g/mol. The first-order chi connectivity index (χ1) is 9.49. The SMILES string of the molecule is CCOC(=O)CCc1ccc2c(c1OC)C=CS2(O)O. The van der Waals surface area contributed by atoms with Crippen molar-refractivity contribution in [2.45, 2.75) is 24.7 Å². The summed E-state index contributed by atoms with van der Waals surface area (Å²) in [5.41, 5.74) is 1.52. The second kappa shape index (κ2) is 5.87. The van der Waals surface area contributed by atoms with Crippen LogP contribution in [0.5, 0.6) is 5.75 Å². The van der Waals surface area contributed by atoms with E-state index in [1.165, 1.54) is 12.5 Å². The first kappa shape index (κ1) is 14.9. The Kier molecular flexibility index (Phi) is 4.37. The number of hydrogen-bond donors (Lipinski definition) is 2. The fourth-order valence-electron chi connectivity index (χ4n) is 2.19. The van der Waals surface area contributed by atoms with Crippen molar-refractivity contribution in [3.8, 4) is 5.75 Å². The molecule has 1 aromatic rings. The molecule has 0 saturated carbocycles. The molecule has 2 rings (SSSR count). The number of carbonyl (C=O) groups excluding carboxylic acids is 1. The Balaban J connectivity index is 2.24. The molecule has 0 unspecified atom stereocenters. The Morgan fingerprint density at radius 2 is 2.10 bits per heavy atom. The summed E-state index contributed by atoms with van der Waals surface area (Å²) < 4.78 is 30.0. The standard InChI is InChI=1S/C14H18O5S/c1-3-19-13(15)7-5-10-4-6-12-11(14(10)18-2)8-9-20(12,16)17/h4,6,8-9,16-17H,3,5,7H2,1-2H3. The van der Waals surface area contributed by atoms with Crippen LogP contribution in [-0.4, -0.2) is 28.8 Å². The summed E-state index contributed by atoms with van der Waals surface area (Å²) in [4.78, 5) is 11.9. The van der Waals surface area contributed by atoms with Gasteiger partial charge in [0.2, 0.25) is 0 Å². The number of hydrogen-bond acceptors (Lipinski definition) is 5. The predicted octanol–water partition coefficient (Wildman–Crippen LogP) is 3.28. The highest BCUT2D eigenvalue weighted by molar-refractivity contribution is 8.27. The largest absolute Gasteiger partial charge is 0.496 e. The predicted molar refractivity (Wildman–Crippen MR) is 78.1 cm³/mol. The van der Waals surface area contributed by atoms with Crippen LogP contribution in [0, 0.1) is 0 Å². The summed E-state index contributed by atoms with van der Waals surface area (Å²) in [6.45, 7) is 2.13. The van der Waals surface area contributed by atoms with Gasteiger partial charge in [-0.15, -0.1) is 10.6 Å². The first-order valence-corrected chi connectivity index (χ1v) is 7.92. The Labute approximate surface area is 119 Å². The third-order valence-electron chi connectivity index (χ3n) is 3.09. The minimum absolute atomic E-state index is 0.255. The Morgan fingerprint density at radius 3 is 2.75 bits per heavy atom. The van der Waals surface area contributed by atoms with Crippen LogP contribution >= 0.6 is 10.6 Å². The summed E-state index contributed by atoms with van der Waals surface area (Å²) >= 11 is 0. The van der Waals surface area contributed by atoms with Gasteiger partial charge in [-0.2, -0.15) is 0 Å². The lowest BCUT2D eigenvalue weighted by Gasteiger charge is -2.26. The number of aryl methyl sites for hydroxylation is 1. The van der Waals surface area contributed by atoms with Gasteiger partial charge in [0, 0.05) is 17.4 Å². The van der Waals surface area contributed by atoms with Crippen LogP contribution in [0.2, 0.25) is 0 Å². The van der Waals surface area contributed by atoms with E-state index in [-0.39, 0.29) is 12.4 Å². The number of esters is 1. The normalized spacial score (nSPS) is 16.6. The molecule has 0 aliphatic carbocycles. The van der Waals surface area contributed by atoms with Gasteiger partial charge in [-0.05, 0) is 31.1 Å². The molecule has 2 N–H and O–H groups in total. The molecule has 0 spiro atoms. The van der Waals surface area contributed by atoms with Crippen LogP contribution in [0.1, 0.15) is 24.5 Å². The van der Waals surface area contributed by atoms with Crippen molar-refractivity contribution in [3.05, 3.63) is 28.7 Å². The molecule has 0 aromatic heterocycles. The van der Waals surface area contributed by atoms with E-state index in [0.717, 1.165) is 5.56 Å². The lowest BCUT2D eigenvalue weighted by molar-refractivity contribution is -0.143. The van der Waals surface area contributed by atoms with Gasteiger partial charge in [0.05, 0.1) is 18.6 Å². The molecule has 0 radical (unpaired) electrons. The third kappa shape index (κ3) is 2.82. The molecule has 1 heterocycles. The van der Waals surface area contributed by atoms with E-state index in [9.17, 15) is 13.9 Å². The van der Waals surface area contributed by atoms with Crippen LogP contribution in [0.25, 0.3) is 6.08 Å². The minimum atomic E-state index is -2.85. The average Bonchev–Trinajstić information content (AvgIpc) is 2.72. The van der Waals surface area contributed by atoms with Crippen molar-refractivity contribution < 1.29 is 23.4 Å². The van der Waals surface area contributed by atoms with E-state index in [4.69, 9.17) is 9.47 Å². The molecule has 110 valence electrons. The minimum Gasteiger partial charge on any atom is -0.496 e. The van der Waals surface area contributed by atoms with Crippen LogP contribution < -0.4 is 4.74 Å². The third-order valence-corrected chi connectivity index (χ3v) is 4.61. The van der Waals surface area contributed by atoms with E-state index in [1.54, 1.807) is 25.1 Å². The number of carbonyl (C=O) groups is 1. The van der Waals surface area contributed by atoms with Crippen molar-refractivity contribution in [1.82, 2.24) is 0 Å². The Morgan fingerprint density at radius 1 is 1.35 bits per heavy atom. The zero-order valence-electron chi connectivity index (χ0n) is 11.5. The van der Waals surface area contributed by atoms with Crippen molar-refractivity contribution in [2.75, 3.05) is 13.7 Å². The Hall–Kier alpha value is -1.50. The van der Waals surface area contributed by atoms with E-state index in [0.29, 0.717) is 29.2 Å². The molecule has 1 aliphatic heterocycles. The highest BCUT2D eigenvalue weighted by Crippen LogP contribution is 2.58. The maximum atomic E-state index is 11.4. The number of methoxy groups -OCH3 is 1. The van der Waals surface area contributed by atoms with Gasteiger partial charge >= 0.3 is 5.97 Å². The molecule has 0 fully saturated rings. The fourth-order valence-corrected chi connectivity index (χ4v) is 3.42. The van der Waals surface area contributed by atoms with E-state index in [1.807, 2.05) is 0 Å². The zero-order chi connectivity index (χ0) is 14.8. The van der Waals surface area contributed by atoms with Gasteiger partial charge < -0.3 is 9.47 Å². The molecule has 1 aliphatic rings. The van der Waals surface area contributed by atoms with Gasteiger partial charge in [0.25, 0.3) is 0 Å². The topological polar surface area (TPSA) is 76.0 Å². The van der Waals surface area contributed by atoms with Crippen molar-refractivity contribution in [1.29, 1.82) is 0 Å². The average molecular weight is 298 g/mol. The van der Waals surface area contributed by atoms with Crippen LogP contribution in [0.15, 0.2) is 22.4 Å². The molecule has 5 nitrogen and oxygen atoms in total. The second-order valence-electron chi connectivity index (χ2n) is 4.37. The summed E-state index contributed by atoms with van der Waals surface area (Å²) in [7, 11) is -1.32. The number of fused-ring (bicyclic) bond motifs is 1. The summed E-state index contributed by atoms with van der Waals surface area (Å²) in [5.74, 6) is 0.329. The smallest absolute Gasteiger partial charge is 0.306 e. The summed E-state index contributed by atoms with van der Waals surface area (Å²) in [6, 6.07) is 3.44. The molecule has 0 bridgehead atoms. The van der Waals surface area contributed by atoms with E-state index < -0.39 is 10.6 Å². The maximum Gasteiger partial charge on any atom is 0.306 e. The molecular formula is C14H18O5S. The quantitative estimate of drug-likeness (QED) is 0.816. The van der Waals surface area contributed by atoms with Crippen LogP contribution in [-0.2, 0) is 16.0 Å². The van der Waals surface area contributed by atoms with Crippen LogP contribution in [0.4, 0.5) is 0 Å². The Bertz CT molecular complexity index is 551. The van der Waals surface area contributed by atoms with Crippen molar-refractivity contribution in [2.24, 2.45) is 0 Å². The van der Waals surface area contributed by atoms with Crippen molar-refractivity contribution in [3.63, 3.8) is 0 Å². The summed E-state index contributed by atoms with van der Waals surface area (Å²) in [6.07, 6.45) is 2.41. The number of benzene rings is 1. The van der Waals surface area contributed by atoms with E-state index >= 15 is 0 Å². The molecule has 20 heavy (non-hydrogen) atoms. The fraction of sp³-hybridized carbons (Fsp3) is 0.357. The van der Waals surface area contributed by atoms with Crippen molar-refractivity contribution >= 4 is 22.6 Å². The molecule has 0 amide bonds. The summed E-state index contributed by atoms with van der Waals surface area (Å²) in [5, 5.41) is 1.38. The molecule has 0 saturated heterocycles. The number of ether oxygens (including phenoxy) is 2. The van der Waals surface area contributed by atoms with Gasteiger partial charge in [0.1, 0.15) is 5.75 Å². The van der Waals surface area contributed by atoms with Gasteiger partial charge in [-0.25, -0.2) is 0 Å². The van der Waals surface area contributed by atoms with Crippen LogP contribution in [0.3, 0.4) is 0 Å². The van der Waals surface area contributed by atoms with Gasteiger partial charge in [-0.3, -0.25) is 13.9 Å². The lowest BCUT2D eigenvalue weighted by atomic mass is 10.0. The lowest BCUT2D eigenvalue weighted by Crippen LogP contribution is -2.06.